The molecule has 1 atom stereocenters. The molecule has 1 aromatic carbocycles. The molecule has 1 fully saturated rings. The van der Waals surface area contributed by atoms with Crippen LogP contribution in [0.15, 0.2) is 29.6 Å². The molecule has 1 amide bonds. The first-order valence-corrected chi connectivity index (χ1v) is 8.30. The summed E-state index contributed by atoms with van der Waals surface area (Å²) < 4.78 is 0. The average molecular weight is 321 g/mol. The molecular formula is C16H17ClN2OS. The Labute approximate surface area is 133 Å². The molecule has 2 aromatic rings. The fourth-order valence-electron chi connectivity index (χ4n) is 2.39. The zero-order valence-electron chi connectivity index (χ0n) is 12.0. The van der Waals surface area contributed by atoms with Crippen molar-refractivity contribution in [3.63, 3.8) is 0 Å². The van der Waals surface area contributed by atoms with Gasteiger partial charge in [-0.25, -0.2) is 4.98 Å². The molecule has 0 bridgehead atoms. The Bertz CT molecular complexity index is 666. The Kier molecular flexibility index (Phi) is 4.00. The van der Waals surface area contributed by atoms with Gasteiger partial charge in [0.1, 0.15) is 10.7 Å². The number of rotatable bonds is 4. The zero-order valence-corrected chi connectivity index (χ0v) is 13.6. The van der Waals surface area contributed by atoms with Crippen LogP contribution in [0.1, 0.15) is 30.3 Å². The number of benzene rings is 1. The van der Waals surface area contributed by atoms with Gasteiger partial charge in [0.25, 0.3) is 5.91 Å². The number of hydrogen-bond acceptors (Lipinski definition) is 3. The molecule has 5 heteroatoms. The van der Waals surface area contributed by atoms with E-state index < -0.39 is 0 Å². The third-order valence-corrected chi connectivity index (χ3v) is 5.16. The highest BCUT2D eigenvalue weighted by molar-refractivity contribution is 7.13. The molecule has 21 heavy (non-hydrogen) atoms. The van der Waals surface area contributed by atoms with Crippen molar-refractivity contribution < 1.29 is 4.79 Å². The van der Waals surface area contributed by atoms with E-state index in [4.69, 9.17) is 11.6 Å². The molecule has 0 saturated heterocycles. The van der Waals surface area contributed by atoms with E-state index in [9.17, 15) is 4.79 Å². The van der Waals surface area contributed by atoms with Crippen LogP contribution in [0.5, 0.6) is 0 Å². The second-order valence-corrected chi connectivity index (χ2v) is 6.84. The van der Waals surface area contributed by atoms with Gasteiger partial charge in [-0.15, -0.1) is 11.3 Å². The van der Waals surface area contributed by atoms with E-state index >= 15 is 0 Å². The van der Waals surface area contributed by atoms with Gasteiger partial charge in [-0.05, 0) is 37.8 Å². The van der Waals surface area contributed by atoms with Gasteiger partial charge in [-0.2, -0.15) is 0 Å². The summed E-state index contributed by atoms with van der Waals surface area (Å²) in [5.41, 5.74) is 1.47. The highest BCUT2D eigenvalue weighted by atomic mass is 35.5. The van der Waals surface area contributed by atoms with Crippen LogP contribution < -0.4 is 0 Å². The third kappa shape index (κ3) is 3.11. The first kappa shape index (κ1) is 14.5. The summed E-state index contributed by atoms with van der Waals surface area (Å²) in [6.45, 7) is 2.11. The first-order chi connectivity index (χ1) is 10.1. The van der Waals surface area contributed by atoms with E-state index in [0.717, 1.165) is 10.6 Å². The van der Waals surface area contributed by atoms with E-state index in [1.807, 2.05) is 41.6 Å². The second kappa shape index (κ2) is 5.78. The van der Waals surface area contributed by atoms with Crippen molar-refractivity contribution in [2.45, 2.75) is 25.8 Å². The summed E-state index contributed by atoms with van der Waals surface area (Å²) in [4.78, 5) is 18.8. The van der Waals surface area contributed by atoms with Crippen LogP contribution in [0.25, 0.3) is 10.6 Å². The molecule has 1 saturated carbocycles. The lowest BCUT2D eigenvalue weighted by molar-refractivity contribution is 0.0722. The summed E-state index contributed by atoms with van der Waals surface area (Å²) >= 11 is 7.48. The molecule has 1 aliphatic carbocycles. The lowest BCUT2D eigenvalue weighted by Crippen LogP contribution is -2.36. The monoisotopic (exact) mass is 320 g/mol. The number of aromatic nitrogens is 1. The molecule has 1 heterocycles. The molecule has 110 valence electrons. The molecule has 3 nitrogen and oxygen atoms in total. The Morgan fingerprint density at radius 2 is 2.24 bits per heavy atom. The number of carbonyl (C=O) groups is 1. The van der Waals surface area contributed by atoms with E-state index in [1.54, 1.807) is 0 Å². The minimum Gasteiger partial charge on any atom is -0.337 e. The maximum Gasteiger partial charge on any atom is 0.273 e. The van der Waals surface area contributed by atoms with Gasteiger partial charge in [-0.1, -0.05) is 23.7 Å². The molecule has 1 aromatic heterocycles. The maximum absolute atomic E-state index is 12.5. The smallest absolute Gasteiger partial charge is 0.273 e. The van der Waals surface area contributed by atoms with Crippen LogP contribution in [0, 0.1) is 5.92 Å². The fraction of sp³-hybridized carbons (Fsp3) is 0.375. The van der Waals surface area contributed by atoms with E-state index in [0.29, 0.717) is 16.6 Å². The van der Waals surface area contributed by atoms with Gasteiger partial charge >= 0.3 is 0 Å². The van der Waals surface area contributed by atoms with E-state index in [-0.39, 0.29) is 11.9 Å². The van der Waals surface area contributed by atoms with Gasteiger partial charge in [0.2, 0.25) is 0 Å². The Hall–Kier alpha value is -1.39. The van der Waals surface area contributed by atoms with Gasteiger partial charge in [0.05, 0.1) is 0 Å². The highest BCUT2D eigenvalue weighted by Gasteiger charge is 2.33. The number of thiazole rings is 1. The van der Waals surface area contributed by atoms with Crippen molar-refractivity contribution in [1.82, 2.24) is 9.88 Å². The predicted octanol–water partition coefficient (Wildman–Crippen LogP) is 4.33. The minimum atomic E-state index is -0.000993. The quantitative estimate of drug-likeness (QED) is 0.840. The maximum atomic E-state index is 12.5. The third-order valence-electron chi connectivity index (χ3n) is 4.03. The van der Waals surface area contributed by atoms with Gasteiger partial charge in [-0.3, -0.25) is 4.79 Å². The Morgan fingerprint density at radius 3 is 2.90 bits per heavy atom. The molecule has 0 radical (unpaired) electrons. The topological polar surface area (TPSA) is 33.2 Å². The molecule has 3 rings (SSSR count). The second-order valence-electron chi connectivity index (χ2n) is 5.54. The average Bonchev–Trinajstić information content (AvgIpc) is 3.22. The van der Waals surface area contributed by atoms with E-state index in [1.165, 1.54) is 24.2 Å². The number of hydrogen-bond donors (Lipinski definition) is 0. The highest BCUT2D eigenvalue weighted by Crippen LogP contribution is 2.35. The fourth-order valence-corrected chi connectivity index (χ4v) is 3.37. The summed E-state index contributed by atoms with van der Waals surface area (Å²) in [5, 5.41) is 3.33. The van der Waals surface area contributed by atoms with Gasteiger partial charge < -0.3 is 4.90 Å². The van der Waals surface area contributed by atoms with Crippen LogP contribution in [0.4, 0.5) is 0 Å². The van der Waals surface area contributed by atoms with Crippen LogP contribution in [-0.4, -0.2) is 28.9 Å². The minimum absolute atomic E-state index is 0.000993. The molecule has 1 aliphatic rings. The summed E-state index contributed by atoms with van der Waals surface area (Å²) in [6.07, 6.45) is 2.45. The molecule has 0 spiro atoms. The normalized spacial score (nSPS) is 15.8. The Balaban J connectivity index is 1.79. The molecule has 0 N–H and O–H groups in total. The summed E-state index contributed by atoms with van der Waals surface area (Å²) in [5.74, 6) is 0.656. The van der Waals surface area contributed by atoms with Crippen LogP contribution >= 0.6 is 22.9 Å². The van der Waals surface area contributed by atoms with Crippen molar-refractivity contribution in [3.8, 4) is 10.6 Å². The van der Waals surface area contributed by atoms with Crippen molar-refractivity contribution in [2.24, 2.45) is 5.92 Å². The van der Waals surface area contributed by atoms with Crippen molar-refractivity contribution >= 4 is 28.8 Å². The largest absolute Gasteiger partial charge is 0.337 e. The van der Waals surface area contributed by atoms with E-state index in [2.05, 4.69) is 11.9 Å². The number of nitrogens with zero attached hydrogens (tertiary/aromatic N) is 2. The van der Waals surface area contributed by atoms with Crippen molar-refractivity contribution in [1.29, 1.82) is 0 Å². The molecule has 0 aliphatic heterocycles. The van der Waals surface area contributed by atoms with Crippen LogP contribution in [-0.2, 0) is 0 Å². The van der Waals surface area contributed by atoms with Crippen LogP contribution in [0.3, 0.4) is 0 Å². The van der Waals surface area contributed by atoms with Crippen molar-refractivity contribution in [3.05, 3.63) is 40.4 Å². The predicted molar refractivity (Wildman–Crippen MR) is 86.8 cm³/mol. The van der Waals surface area contributed by atoms with Gasteiger partial charge in [0, 0.05) is 29.1 Å². The molecule has 0 unspecified atom stereocenters. The lowest BCUT2D eigenvalue weighted by atomic mass is 10.2. The van der Waals surface area contributed by atoms with Gasteiger partial charge in [0.15, 0.2) is 0 Å². The number of amides is 1. The van der Waals surface area contributed by atoms with Crippen molar-refractivity contribution in [2.75, 3.05) is 7.05 Å². The van der Waals surface area contributed by atoms with Crippen LogP contribution in [0.2, 0.25) is 5.02 Å². The molecular weight excluding hydrogens is 304 g/mol. The lowest BCUT2D eigenvalue weighted by Gasteiger charge is -2.23. The SMILES string of the molecule is C[C@H](C1CC1)N(C)C(=O)c1csc(-c2cccc(Cl)c2)n1. The summed E-state index contributed by atoms with van der Waals surface area (Å²) in [7, 11) is 1.86. The Morgan fingerprint density at radius 1 is 1.48 bits per heavy atom. The first-order valence-electron chi connectivity index (χ1n) is 7.05. The standard InChI is InChI=1S/C16H17ClN2OS/c1-10(11-6-7-11)19(2)16(20)14-9-21-15(18-14)12-4-3-5-13(17)8-12/h3-5,8-11H,6-7H2,1-2H3/t10-/m1/s1. The number of carbonyl (C=O) groups excluding carboxylic acids is 1. The zero-order chi connectivity index (χ0) is 15.0. The summed E-state index contributed by atoms with van der Waals surface area (Å²) in [6, 6.07) is 7.83. The number of halogens is 1.